The number of aryl methyl sites for hydroxylation is 1. The normalized spacial score (nSPS) is 22.2. The molecule has 1 atom stereocenters. The van der Waals surface area contributed by atoms with Crippen molar-refractivity contribution in [3.63, 3.8) is 0 Å². The van der Waals surface area contributed by atoms with Crippen LogP contribution in [0.2, 0.25) is 0 Å². The smallest absolute Gasteiger partial charge is 0.336 e. The van der Waals surface area contributed by atoms with E-state index in [2.05, 4.69) is 13.8 Å². The lowest BCUT2D eigenvalue weighted by molar-refractivity contribution is 0.159. The first-order chi connectivity index (χ1) is 9.22. The summed E-state index contributed by atoms with van der Waals surface area (Å²) in [6.07, 6.45) is 2.16. The second-order valence-electron chi connectivity index (χ2n) is 6.55. The van der Waals surface area contributed by atoms with Crippen LogP contribution in [-0.2, 0) is 6.42 Å². The van der Waals surface area contributed by atoms with Gasteiger partial charge in [-0.1, -0.05) is 19.4 Å². The Labute approximate surface area is 120 Å². The van der Waals surface area contributed by atoms with Gasteiger partial charge in [0.2, 0.25) is 0 Å². The first kappa shape index (κ1) is 15.0. The number of hydrogen-bond acceptors (Lipinski definition) is 3. The molecular weight excluding hydrogens is 252 g/mol. The largest absolute Gasteiger partial charge is 0.428 e. The van der Waals surface area contributed by atoms with E-state index in [4.69, 9.17) is 4.42 Å². The van der Waals surface area contributed by atoms with Crippen molar-refractivity contribution in [1.82, 2.24) is 0 Å². The molecule has 0 bridgehead atoms. The molecule has 1 aliphatic carbocycles. The van der Waals surface area contributed by atoms with E-state index in [9.17, 15) is 9.90 Å². The summed E-state index contributed by atoms with van der Waals surface area (Å²) in [7, 11) is 0. The van der Waals surface area contributed by atoms with E-state index in [-0.39, 0.29) is 17.1 Å². The Balaban J connectivity index is 2.47. The molecule has 3 heteroatoms. The Bertz CT molecular complexity index is 605. The maximum absolute atomic E-state index is 11.6. The van der Waals surface area contributed by atoms with Gasteiger partial charge in [0.05, 0.1) is 6.10 Å². The van der Waals surface area contributed by atoms with Crippen LogP contribution in [0.15, 0.2) is 26.4 Å². The van der Waals surface area contributed by atoms with Crippen molar-refractivity contribution in [3.05, 3.63) is 44.5 Å². The Morgan fingerprint density at radius 1 is 1.35 bits per heavy atom. The van der Waals surface area contributed by atoms with Gasteiger partial charge < -0.3 is 9.52 Å². The summed E-state index contributed by atoms with van der Waals surface area (Å²) >= 11 is 0. The van der Waals surface area contributed by atoms with Crippen molar-refractivity contribution in [3.8, 4) is 0 Å². The van der Waals surface area contributed by atoms with Crippen molar-refractivity contribution in [2.24, 2.45) is 5.41 Å². The van der Waals surface area contributed by atoms with Gasteiger partial charge in [-0.3, -0.25) is 0 Å². The molecular formula is C17H24O3. The standard InChI is InChI=1S/C17H24O3/c1-10-12(3)20-16(19)9-13(10)8-14-11(2)15(18)6-7-17(14,4)5/h9,15,18H,6-8H2,1-5H3/t15-/m0/s1. The summed E-state index contributed by atoms with van der Waals surface area (Å²) < 4.78 is 5.12. The predicted molar refractivity (Wildman–Crippen MR) is 79.9 cm³/mol. The van der Waals surface area contributed by atoms with Crippen LogP contribution in [0.25, 0.3) is 0 Å². The minimum atomic E-state index is -0.348. The summed E-state index contributed by atoms with van der Waals surface area (Å²) in [5, 5.41) is 10.1. The highest BCUT2D eigenvalue weighted by Crippen LogP contribution is 2.42. The van der Waals surface area contributed by atoms with Crippen molar-refractivity contribution in [2.45, 2.75) is 60.0 Å². The van der Waals surface area contributed by atoms with Crippen molar-refractivity contribution >= 4 is 0 Å². The van der Waals surface area contributed by atoms with Crippen molar-refractivity contribution in [2.75, 3.05) is 0 Å². The summed E-state index contributed by atoms with van der Waals surface area (Å²) in [6, 6.07) is 1.58. The third-order valence-electron chi connectivity index (χ3n) is 4.76. The minimum Gasteiger partial charge on any atom is -0.428 e. The second kappa shape index (κ2) is 5.21. The fourth-order valence-corrected chi connectivity index (χ4v) is 3.09. The van der Waals surface area contributed by atoms with E-state index in [0.717, 1.165) is 29.5 Å². The van der Waals surface area contributed by atoms with Crippen molar-refractivity contribution < 1.29 is 9.52 Å². The Hall–Kier alpha value is -1.35. The molecule has 2 rings (SSSR count). The van der Waals surface area contributed by atoms with Gasteiger partial charge in [-0.05, 0) is 62.1 Å². The van der Waals surface area contributed by atoms with E-state index in [1.165, 1.54) is 5.57 Å². The van der Waals surface area contributed by atoms with Gasteiger partial charge in [0.15, 0.2) is 0 Å². The zero-order valence-electron chi connectivity index (χ0n) is 13.0. The molecule has 0 radical (unpaired) electrons. The van der Waals surface area contributed by atoms with Crippen LogP contribution < -0.4 is 5.63 Å². The second-order valence-corrected chi connectivity index (χ2v) is 6.55. The number of aliphatic hydroxyl groups is 1. The SMILES string of the molecule is CC1=C(Cc2cc(=O)oc(C)c2C)C(C)(C)CC[C@@H]1O. The monoisotopic (exact) mass is 276 g/mol. The van der Waals surface area contributed by atoms with Gasteiger partial charge >= 0.3 is 5.63 Å². The van der Waals surface area contributed by atoms with E-state index in [0.29, 0.717) is 12.2 Å². The maximum Gasteiger partial charge on any atom is 0.336 e. The molecule has 0 unspecified atom stereocenters. The molecule has 1 N–H and O–H groups in total. The fraction of sp³-hybridized carbons (Fsp3) is 0.588. The van der Waals surface area contributed by atoms with Gasteiger partial charge in [-0.25, -0.2) is 4.79 Å². The molecule has 1 aromatic rings. The lowest BCUT2D eigenvalue weighted by Gasteiger charge is -2.37. The summed E-state index contributed by atoms with van der Waals surface area (Å²) in [5.41, 5.74) is 4.13. The first-order valence-electron chi connectivity index (χ1n) is 7.21. The zero-order valence-corrected chi connectivity index (χ0v) is 13.0. The lowest BCUT2D eigenvalue weighted by Crippen LogP contribution is -2.29. The fourth-order valence-electron chi connectivity index (χ4n) is 3.09. The molecule has 20 heavy (non-hydrogen) atoms. The zero-order chi connectivity index (χ0) is 15.1. The maximum atomic E-state index is 11.6. The Kier molecular flexibility index (Phi) is 3.92. The van der Waals surface area contributed by atoms with E-state index in [1.54, 1.807) is 6.07 Å². The molecule has 1 aromatic heterocycles. The molecule has 1 aliphatic rings. The highest BCUT2D eigenvalue weighted by atomic mass is 16.4. The molecule has 0 aromatic carbocycles. The third-order valence-corrected chi connectivity index (χ3v) is 4.76. The van der Waals surface area contributed by atoms with E-state index >= 15 is 0 Å². The van der Waals surface area contributed by atoms with Crippen LogP contribution in [0.1, 0.15) is 50.5 Å². The third kappa shape index (κ3) is 2.73. The van der Waals surface area contributed by atoms with Gasteiger partial charge in [0.25, 0.3) is 0 Å². The number of hydrogen-bond donors (Lipinski definition) is 1. The highest BCUT2D eigenvalue weighted by molar-refractivity contribution is 5.35. The Morgan fingerprint density at radius 2 is 2.00 bits per heavy atom. The molecule has 110 valence electrons. The Morgan fingerprint density at radius 3 is 2.65 bits per heavy atom. The lowest BCUT2D eigenvalue weighted by atomic mass is 9.69. The number of aliphatic hydroxyl groups excluding tert-OH is 1. The predicted octanol–water partition coefficient (Wildman–Crippen LogP) is 3.30. The summed E-state index contributed by atoms with van der Waals surface area (Å²) in [6.45, 7) is 10.2. The highest BCUT2D eigenvalue weighted by Gasteiger charge is 2.32. The van der Waals surface area contributed by atoms with Crippen LogP contribution in [-0.4, -0.2) is 11.2 Å². The average Bonchev–Trinajstić information content (AvgIpc) is 2.36. The van der Waals surface area contributed by atoms with Gasteiger partial charge in [-0.15, -0.1) is 0 Å². The molecule has 0 spiro atoms. The first-order valence-corrected chi connectivity index (χ1v) is 7.21. The van der Waals surface area contributed by atoms with E-state index < -0.39 is 0 Å². The molecule has 0 aliphatic heterocycles. The molecule has 0 amide bonds. The van der Waals surface area contributed by atoms with Gasteiger partial charge in [0, 0.05) is 6.07 Å². The summed E-state index contributed by atoms with van der Waals surface area (Å²) in [4.78, 5) is 11.6. The molecule has 3 nitrogen and oxygen atoms in total. The molecule has 1 heterocycles. The number of allylic oxidation sites excluding steroid dienone is 1. The van der Waals surface area contributed by atoms with E-state index in [1.807, 2.05) is 20.8 Å². The molecule has 0 saturated heterocycles. The minimum absolute atomic E-state index is 0.0691. The molecule has 0 saturated carbocycles. The number of rotatable bonds is 2. The van der Waals surface area contributed by atoms with Gasteiger partial charge in [0.1, 0.15) is 5.76 Å². The average molecular weight is 276 g/mol. The topological polar surface area (TPSA) is 50.4 Å². The van der Waals surface area contributed by atoms with Crippen LogP contribution in [0.3, 0.4) is 0 Å². The van der Waals surface area contributed by atoms with Crippen molar-refractivity contribution in [1.29, 1.82) is 0 Å². The van der Waals surface area contributed by atoms with Crippen LogP contribution in [0, 0.1) is 19.3 Å². The summed E-state index contributed by atoms with van der Waals surface area (Å²) in [5.74, 6) is 0.680. The van der Waals surface area contributed by atoms with Crippen LogP contribution in [0.4, 0.5) is 0 Å². The van der Waals surface area contributed by atoms with Crippen LogP contribution in [0.5, 0.6) is 0 Å². The van der Waals surface area contributed by atoms with Crippen LogP contribution >= 0.6 is 0 Å². The molecule has 0 fully saturated rings. The quantitative estimate of drug-likeness (QED) is 0.843. The van der Waals surface area contributed by atoms with Gasteiger partial charge in [-0.2, -0.15) is 0 Å².